The fourth-order valence-electron chi connectivity index (χ4n) is 1.76. The van der Waals surface area contributed by atoms with Crippen LogP contribution in [0.2, 0.25) is 0 Å². The van der Waals surface area contributed by atoms with Crippen LogP contribution in [0.1, 0.15) is 24.3 Å². The van der Waals surface area contributed by atoms with E-state index in [-0.39, 0.29) is 18.8 Å². The van der Waals surface area contributed by atoms with E-state index >= 15 is 0 Å². The Hall–Kier alpha value is -1.12. The highest BCUT2D eigenvalue weighted by Gasteiger charge is 2.46. The van der Waals surface area contributed by atoms with E-state index < -0.39 is 5.92 Å². The lowest BCUT2D eigenvalue weighted by atomic mass is 9.76. The van der Waals surface area contributed by atoms with Crippen LogP contribution in [-0.4, -0.2) is 5.92 Å². The monoisotopic (exact) mass is 183 g/mol. The highest BCUT2D eigenvalue weighted by molar-refractivity contribution is 5.49. The highest BCUT2D eigenvalue weighted by atomic mass is 19.3. The summed E-state index contributed by atoms with van der Waals surface area (Å²) in [6.07, 6.45) is -0.109. The van der Waals surface area contributed by atoms with Crippen molar-refractivity contribution < 1.29 is 8.78 Å². The number of halogens is 2. The zero-order valence-electron chi connectivity index (χ0n) is 7.13. The quantitative estimate of drug-likeness (QED) is 0.665. The van der Waals surface area contributed by atoms with Gasteiger partial charge in [0.25, 0.3) is 0 Å². The second-order valence-electron chi connectivity index (χ2n) is 3.59. The molecule has 0 spiro atoms. The minimum absolute atomic E-state index is 0.0452. The van der Waals surface area contributed by atoms with Crippen LogP contribution in [0.4, 0.5) is 14.5 Å². The van der Waals surface area contributed by atoms with Crippen molar-refractivity contribution in [3.63, 3.8) is 0 Å². The minimum atomic E-state index is -2.47. The van der Waals surface area contributed by atoms with Crippen LogP contribution in [0, 0.1) is 0 Å². The van der Waals surface area contributed by atoms with E-state index in [1.54, 1.807) is 6.07 Å². The molecule has 70 valence electrons. The maximum atomic E-state index is 12.6. The Balaban J connectivity index is 2.16. The smallest absolute Gasteiger partial charge is 0.249 e. The third-order valence-electron chi connectivity index (χ3n) is 2.53. The van der Waals surface area contributed by atoms with Crippen LogP contribution in [0.15, 0.2) is 24.3 Å². The zero-order chi connectivity index (χ0) is 9.47. The molecule has 0 unspecified atom stereocenters. The van der Waals surface area contributed by atoms with Crippen molar-refractivity contribution in [1.82, 2.24) is 0 Å². The van der Waals surface area contributed by atoms with Crippen molar-refractivity contribution in [3.05, 3.63) is 29.8 Å². The van der Waals surface area contributed by atoms with Crippen LogP contribution < -0.4 is 5.73 Å². The van der Waals surface area contributed by atoms with Crippen LogP contribution in [-0.2, 0) is 0 Å². The maximum absolute atomic E-state index is 12.6. The molecule has 1 aromatic rings. The Morgan fingerprint density at radius 3 is 2.38 bits per heavy atom. The molecule has 0 atom stereocenters. The van der Waals surface area contributed by atoms with E-state index in [9.17, 15) is 8.78 Å². The Morgan fingerprint density at radius 1 is 1.23 bits per heavy atom. The summed E-state index contributed by atoms with van der Waals surface area (Å²) in [7, 11) is 0. The van der Waals surface area contributed by atoms with Gasteiger partial charge in [0.15, 0.2) is 0 Å². The van der Waals surface area contributed by atoms with E-state index in [0.717, 1.165) is 5.56 Å². The number of nitrogen functional groups attached to an aromatic ring is 1. The van der Waals surface area contributed by atoms with Gasteiger partial charge in [-0.1, -0.05) is 18.2 Å². The van der Waals surface area contributed by atoms with Crippen molar-refractivity contribution in [3.8, 4) is 0 Å². The Kier molecular flexibility index (Phi) is 1.75. The molecule has 1 aliphatic carbocycles. The predicted octanol–water partition coefficient (Wildman–Crippen LogP) is 2.78. The van der Waals surface area contributed by atoms with Crippen molar-refractivity contribution >= 4 is 5.69 Å². The SMILES string of the molecule is Nc1ccccc1C1CC(F)(F)C1. The molecule has 1 fully saturated rings. The molecular weight excluding hydrogens is 172 g/mol. The van der Waals surface area contributed by atoms with Gasteiger partial charge in [0.2, 0.25) is 5.92 Å². The maximum Gasteiger partial charge on any atom is 0.249 e. The summed E-state index contributed by atoms with van der Waals surface area (Å²) >= 11 is 0. The molecule has 0 radical (unpaired) electrons. The van der Waals surface area contributed by atoms with Gasteiger partial charge in [0.1, 0.15) is 0 Å². The summed E-state index contributed by atoms with van der Waals surface area (Å²) in [4.78, 5) is 0. The molecule has 0 aromatic heterocycles. The van der Waals surface area contributed by atoms with Gasteiger partial charge in [0, 0.05) is 18.5 Å². The summed E-state index contributed by atoms with van der Waals surface area (Å²) in [5, 5.41) is 0. The number of nitrogens with two attached hydrogens (primary N) is 1. The topological polar surface area (TPSA) is 26.0 Å². The number of alkyl halides is 2. The lowest BCUT2D eigenvalue weighted by Gasteiger charge is -2.35. The molecule has 0 amide bonds. The van der Waals surface area contributed by atoms with Crippen molar-refractivity contribution in [2.45, 2.75) is 24.7 Å². The molecule has 0 bridgehead atoms. The summed E-state index contributed by atoms with van der Waals surface area (Å²) in [6.45, 7) is 0. The normalized spacial score (nSPS) is 21.1. The lowest BCUT2D eigenvalue weighted by molar-refractivity contribution is -0.0865. The van der Waals surface area contributed by atoms with E-state index in [0.29, 0.717) is 5.69 Å². The first-order valence-corrected chi connectivity index (χ1v) is 4.31. The summed E-state index contributed by atoms with van der Waals surface area (Å²) in [5.74, 6) is -2.51. The third kappa shape index (κ3) is 1.50. The molecule has 1 saturated carbocycles. The van der Waals surface area contributed by atoms with E-state index in [4.69, 9.17) is 5.73 Å². The summed E-state index contributed by atoms with van der Waals surface area (Å²) in [6, 6.07) is 7.23. The molecule has 0 heterocycles. The molecule has 0 saturated heterocycles. The number of hydrogen-bond donors (Lipinski definition) is 1. The number of anilines is 1. The largest absolute Gasteiger partial charge is 0.398 e. The van der Waals surface area contributed by atoms with Gasteiger partial charge in [-0.25, -0.2) is 8.78 Å². The first-order valence-electron chi connectivity index (χ1n) is 4.31. The number of hydrogen-bond acceptors (Lipinski definition) is 1. The molecule has 13 heavy (non-hydrogen) atoms. The summed E-state index contributed by atoms with van der Waals surface area (Å²) in [5.41, 5.74) is 7.17. The van der Waals surface area contributed by atoms with Crippen molar-refractivity contribution in [2.75, 3.05) is 5.73 Å². The first-order chi connectivity index (χ1) is 6.08. The van der Waals surface area contributed by atoms with Gasteiger partial charge >= 0.3 is 0 Å². The van der Waals surface area contributed by atoms with Crippen LogP contribution in [0.3, 0.4) is 0 Å². The molecule has 2 N–H and O–H groups in total. The number of para-hydroxylation sites is 1. The van der Waals surface area contributed by atoms with Gasteiger partial charge in [-0.3, -0.25) is 0 Å². The van der Waals surface area contributed by atoms with Crippen molar-refractivity contribution in [2.24, 2.45) is 0 Å². The van der Waals surface area contributed by atoms with Crippen LogP contribution >= 0.6 is 0 Å². The number of rotatable bonds is 1. The van der Waals surface area contributed by atoms with Gasteiger partial charge in [-0.05, 0) is 17.5 Å². The summed E-state index contributed by atoms with van der Waals surface area (Å²) < 4.78 is 25.1. The molecule has 1 aromatic carbocycles. The molecule has 2 rings (SSSR count). The highest BCUT2D eigenvalue weighted by Crippen LogP contribution is 2.49. The predicted molar refractivity (Wildman–Crippen MR) is 47.8 cm³/mol. The van der Waals surface area contributed by atoms with Crippen LogP contribution in [0.5, 0.6) is 0 Å². The third-order valence-corrected chi connectivity index (χ3v) is 2.53. The standard InChI is InChI=1S/C10H11F2N/c11-10(12)5-7(6-10)8-3-1-2-4-9(8)13/h1-4,7H,5-6,13H2. The van der Waals surface area contributed by atoms with E-state index in [2.05, 4.69) is 0 Å². The first kappa shape index (κ1) is 8.48. The lowest BCUT2D eigenvalue weighted by Crippen LogP contribution is -2.33. The second-order valence-corrected chi connectivity index (χ2v) is 3.59. The van der Waals surface area contributed by atoms with Gasteiger partial charge in [-0.2, -0.15) is 0 Å². The van der Waals surface area contributed by atoms with E-state index in [1.807, 2.05) is 18.2 Å². The Bertz CT molecular complexity index is 314. The second kappa shape index (κ2) is 2.69. The average molecular weight is 183 g/mol. The fraction of sp³-hybridized carbons (Fsp3) is 0.400. The number of benzene rings is 1. The van der Waals surface area contributed by atoms with Crippen LogP contribution in [0.25, 0.3) is 0 Å². The molecule has 3 heteroatoms. The Labute approximate surface area is 75.6 Å². The molecule has 1 aliphatic rings. The molecule has 1 nitrogen and oxygen atoms in total. The minimum Gasteiger partial charge on any atom is -0.398 e. The molecular formula is C10H11F2N. The average Bonchev–Trinajstić information content (AvgIpc) is 2.01. The van der Waals surface area contributed by atoms with Crippen molar-refractivity contribution in [1.29, 1.82) is 0 Å². The van der Waals surface area contributed by atoms with Gasteiger partial charge in [-0.15, -0.1) is 0 Å². The van der Waals surface area contributed by atoms with Gasteiger partial charge < -0.3 is 5.73 Å². The fourth-order valence-corrected chi connectivity index (χ4v) is 1.76. The van der Waals surface area contributed by atoms with E-state index in [1.165, 1.54) is 0 Å². The molecule has 0 aliphatic heterocycles. The Morgan fingerprint density at radius 2 is 1.85 bits per heavy atom. The van der Waals surface area contributed by atoms with Gasteiger partial charge in [0.05, 0.1) is 0 Å². The zero-order valence-corrected chi connectivity index (χ0v) is 7.13.